The minimum atomic E-state index is -1.01. The van der Waals surface area contributed by atoms with Crippen molar-refractivity contribution in [3.8, 4) is 5.75 Å². The molecule has 0 aliphatic rings. The Labute approximate surface area is 82.4 Å². The fraction of sp³-hybridized carbons (Fsp3) is 0. The predicted molar refractivity (Wildman–Crippen MR) is 43.9 cm³/mol. The quantitative estimate of drug-likeness (QED) is 0.692. The van der Waals surface area contributed by atoms with Crippen LogP contribution in [0.15, 0.2) is 6.07 Å². The lowest BCUT2D eigenvalue weighted by atomic mass is 10.5. The van der Waals surface area contributed by atoms with Crippen LogP contribution in [0.5, 0.6) is 5.75 Å². The van der Waals surface area contributed by atoms with Gasteiger partial charge in [-0.05, 0) is 0 Å². The van der Waals surface area contributed by atoms with Crippen molar-refractivity contribution in [1.29, 1.82) is 0 Å². The van der Waals surface area contributed by atoms with Crippen LogP contribution in [-0.4, -0.2) is 15.6 Å². The van der Waals surface area contributed by atoms with Crippen LogP contribution in [0.25, 0.3) is 0 Å². The molecule has 0 spiro atoms. The SMILES string of the molecule is O=C(Cl)Oc1cc(Cl)nnc1Cl. The molecule has 0 aliphatic carbocycles. The summed E-state index contributed by atoms with van der Waals surface area (Å²) < 4.78 is 4.43. The Balaban J connectivity index is 2.97. The number of nitrogens with zero attached hydrogens (tertiary/aromatic N) is 2. The molecule has 1 aromatic heterocycles. The molecule has 64 valence electrons. The number of carbonyl (C=O) groups excluding carboxylic acids is 1. The molecule has 4 nitrogen and oxygen atoms in total. The molecule has 0 N–H and O–H groups in total. The molecule has 0 unspecified atom stereocenters. The van der Waals surface area contributed by atoms with Crippen LogP contribution in [0.4, 0.5) is 4.79 Å². The third kappa shape index (κ3) is 2.48. The van der Waals surface area contributed by atoms with Crippen molar-refractivity contribution in [3.63, 3.8) is 0 Å². The van der Waals surface area contributed by atoms with Crippen molar-refractivity contribution in [1.82, 2.24) is 10.2 Å². The molecular weight excluding hydrogens is 226 g/mol. The van der Waals surface area contributed by atoms with Crippen LogP contribution in [0.3, 0.4) is 0 Å². The largest absolute Gasteiger partial charge is 0.411 e. The van der Waals surface area contributed by atoms with Crippen LogP contribution in [0, 0.1) is 0 Å². The maximum Gasteiger partial charge on any atom is 0.409 e. The Morgan fingerprint density at radius 1 is 1.42 bits per heavy atom. The summed E-state index contributed by atoms with van der Waals surface area (Å²) in [4.78, 5) is 10.3. The molecule has 0 aromatic carbocycles. The number of halogens is 3. The van der Waals surface area contributed by atoms with E-state index in [0.717, 1.165) is 0 Å². The summed E-state index contributed by atoms with van der Waals surface area (Å²) in [7, 11) is 0. The van der Waals surface area contributed by atoms with Gasteiger partial charge in [0.05, 0.1) is 0 Å². The van der Waals surface area contributed by atoms with Crippen LogP contribution >= 0.6 is 34.8 Å². The molecule has 0 radical (unpaired) electrons. The third-order valence-corrected chi connectivity index (χ3v) is 1.40. The minimum Gasteiger partial charge on any atom is -0.411 e. The lowest BCUT2D eigenvalue weighted by Crippen LogP contribution is -1.98. The monoisotopic (exact) mass is 226 g/mol. The van der Waals surface area contributed by atoms with E-state index in [1.54, 1.807) is 0 Å². The van der Waals surface area contributed by atoms with Crippen LogP contribution < -0.4 is 4.74 Å². The van der Waals surface area contributed by atoms with Crippen LogP contribution in [0.2, 0.25) is 10.3 Å². The lowest BCUT2D eigenvalue weighted by molar-refractivity contribution is 0.225. The highest BCUT2D eigenvalue weighted by Gasteiger charge is 2.08. The predicted octanol–water partition coefficient (Wildman–Crippen LogP) is 2.52. The van der Waals surface area contributed by atoms with Gasteiger partial charge in [0.2, 0.25) is 0 Å². The van der Waals surface area contributed by atoms with Gasteiger partial charge in [0.1, 0.15) is 0 Å². The number of aromatic nitrogens is 2. The van der Waals surface area contributed by atoms with E-state index in [-0.39, 0.29) is 16.1 Å². The van der Waals surface area contributed by atoms with Gasteiger partial charge in [-0.3, -0.25) is 0 Å². The smallest absolute Gasteiger partial charge is 0.409 e. The summed E-state index contributed by atoms with van der Waals surface area (Å²) >= 11 is 15.8. The van der Waals surface area contributed by atoms with E-state index < -0.39 is 5.43 Å². The fourth-order valence-electron chi connectivity index (χ4n) is 0.496. The number of hydrogen-bond donors (Lipinski definition) is 0. The van der Waals surface area contributed by atoms with Gasteiger partial charge in [-0.25, -0.2) is 4.79 Å². The first kappa shape index (κ1) is 9.51. The minimum absolute atomic E-state index is 0.0170. The Morgan fingerprint density at radius 3 is 2.67 bits per heavy atom. The van der Waals surface area contributed by atoms with Gasteiger partial charge in [-0.2, -0.15) is 0 Å². The molecule has 0 amide bonds. The number of carbonyl (C=O) groups is 1. The van der Waals surface area contributed by atoms with Gasteiger partial charge < -0.3 is 4.74 Å². The van der Waals surface area contributed by atoms with Gasteiger partial charge in [-0.15, -0.1) is 10.2 Å². The van der Waals surface area contributed by atoms with Crippen molar-refractivity contribution in [2.24, 2.45) is 0 Å². The second-order valence-electron chi connectivity index (χ2n) is 1.66. The molecule has 0 saturated carbocycles. The van der Waals surface area contributed by atoms with Gasteiger partial charge >= 0.3 is 5.43 Å². The summed E-state index contributed by atoms with van der Waals surface area (Å²) in [5, 5.41) is 6.76. The summed E-state index contributed by atoms with van der Waals surface area (Å²) in [6, 6.07) is 1.23. The van der Waals surface area contributed by atoms with Crippen molar-refractivity contribution in [2.75, 3.05) is 0 Å². The van der Waals surface area contributed by atoms with E-state index in [1.807, 2.05) is 0 Å². The van der Waals surface area contributed by atoms with E-state index >= 15 is 0 Å². The highest BCUT2D eigenvalue weighted by atomic mass is 35.5. The molecular formula is C5HCl3N2O2. The molecule has 1 heterocycles. The van der Waals surface area contributed by atoms with Crippen molar-refractivity contribution < 1.29 is 9.53 Å². The molecule has 12 heavy (non-hydrogen) atoms. The first-order chi connectivity index (χ1) is 5.59. The van der Waals surface area contributed by atoms with Crippen molar-refractivity contribution in [3.05, 3.63) is 16.4 Å². The summed E-state index contributed by atoms with van der Waals surface area (Å²) in [5.41, 5.74) is -1.01. The second-order valence-corrected chi connectivity index (χ2v) is 2.72. The van der Waals surface area contributed by atoms with Crippen molar-refractivity contribution in [2.45, 2.75) is 0 Å². The van der Waals surface area contributed by atoms with Gasteiger partial charge in [-0.1, -0.05) is 23.2 Å². The molecule has 1 rings (SSSR count). The van der Waals surface area contributed by atoms with Crippen LogP contribution in [-0.2, 0) is 0 Å². The molecule has 0 saturated heterocycles. The standard InChI is InChI=1S/C5HCl3N2O2/c6-3-1-2(12-5(8)11)4(7)10-9-3/h1H. The molecule has 0 atom stereocenters. The summed E-state index contributed by atoms with van der Waals surface area (Å²) in [5.74, 6) is -0.0170. The normalized spacial score (nSPS) is 9.58. The van der Waals surface area contributed by atoms with Gasteiger partial charge in [0.25, 0.3) is 0 Å². The number of hydrogen-bond acceptors (Lipinski definition) is 4. The average molecular weight is 227 g/mol. The van der Waals surface area contributed by atoms with Gasteiger partial charge in [0.15, 0.2) is 16.1 Å². The van der Waals surface area contributed by atoms with E-state index in [1.165, 1.54) is 6.07 Å². The number of ether oxygens (including phenoxy) is 1. The lowest BCUT2D eigenvalue weighted by Gasteiger charge is -1.99. The Kier molecular flexibility index (Phi) is 3.08. The summed E-state index contributed by atoms with van der Waals surface area (Å²) in [6.07, 6.45) is 0. The van der Waals surface area contributed by atoms with Crippen LogP contribution in [0.1, 0.15) is 0 Å². The Hall–Kier alpha value is -0.580. The van der Waals surface area contributed by atoms with Crippen molar-refractivity contribution >= 4 is 40.2 Å². The van der Waals surface area contributed by atoms with E-state index in [0.29, 0.717) is 0 Å². The zero-order valence-electron chi connectivity index (χ0n) is 5.42. The molecule has 0 fully saturated rings. The van der Waals surface area contributed by atoms with E-state index in [2.05, 4.69) is 14.9 Å². The maximum atomic E-state index is 10.3. The zero-order valence-corrected chi connectivity index (χ0v) is 7.69. The topological polar surface area (TPSA) is 52.1 Å². The van der Waals surface area contributed by atoms with Gasteiger partial charge in [0, 0.05) is 17.7 Å². The summed E-state index contributed by atoms with van der Waals surface area (Å²) in [6.45, 7) is 0. The zero-order chi connectivity index (χ0) is 9.14. The Morgan fingerprint density at radius 2 is 2.08 bits per heavy atom. The first-order valence-corrected chi connectivity index (χ1v) is 3.79. The molecule has 0 bridgehead atoms. The molecule has 1 aromatic rings. The maximum absolute atomic E-state index is 10.3. The second kappa shape index (κ2) is 3.89. The third-order valence-electron chi connectivity index (χ3n) is 0.877. The highest BCUT2D eigenvalue weighted by molar-refractivity contribution is 6.61. The fourth-order valence-corrected chi connectivity index (χ4v) is 0.847. The average Bonchev–Trinajstić information content (AvgIpc) is 1.96. The Bertz CT molecular complexity index is 318. The number of rotatable bonds is 1. The molecule has 0 aliphatic heterocycles. The molecule has 7 heteroatoms. The van der Waals surface area contributed by atoms with E-state index in [4.69, 9.17) is 34.8 Å². The van der Waals surface area contributed by atoms with E-state index in [9.17, 15) is 4.79 Å². The first-order valence-electron chi connectivity index (χ1n) is 2.65. The highest BCUT2D eigenvalue weighted by Crippen LogP contribution is 2.23.